The van der Waals surface area contributed by atoms with Gasteiger partial charge in [0.2, 0.25) is 0 Å². The van der Waals surface area contributed by atoms with E-state index in [1.807, 2.05) is 15.8 Å². The summed E-state index contributed by atoms with van der Waals surface area (Å²) >= 11 is 1.53. The minimum absolute atomic E-state index is 0.0709. The Balaban J connectivity index is 1.30. The van der Waals surface area contributed by atoms with Crippen molar-refractivity contribution in [1.82, 2.24) is 29.8 Å². The molecule has 4 aliphatic rings. The zero-order valence-corrected chi connectivity index (χ0v) is 27.1. The van der Waals surface area contributed by atoms with E-state index in [1.165, 1.54) is 16.2 Å². The number of hydrogen-bond acceptors (Lipinski definition) is 12. The van der Waals surface area contributed by atoms with Crippen molar-refractivity contribution in [1.29, 1.82) is 10.5 Å². The highest BCUT2D eigenvalue weighted by Gasteiger charge is 2.49. The minimum atomic E-state index is -1.45. The number of aryl methyl sites for hydroxylation is 1. The summed E-state index contributed by atoms with van der Waals surface area (Å²) in [5.74, 6) is 1.90. The summed E-state index contributed by atoms with van der Waals surface area (Å²) in [6, 6.07) is 4.91. The van der Waals surface area contributed by atoms with Gasteiger partial charge < -0.3 is 25.2 Å². The fraction of sp³-hybridized carbons (Fsp3) is 0.576. The third-order valence-electron chi connectivity index (χ3n) is 11.0. The molecule has 13 heteroatoms. The van der Waals surface area contributed by atoms with Gasteiger partial charge in [-0.15, -0.1) is 11.3 Å². The number of nitrogens with zero attached hydrogens (tertiary/aromatic N) is 9. The average Bonchev–Trinajstić information content (AvgIpc) is 3.85. The maximum atomic E-state index is 11.0. The van der Waals surface area contributed by atoms with Crippen molar-refractivity contribution in [2.75, 3.05) is 37.3 Å². The summed E-state index contributed by atoms with van der Waals surface area (Å²) in [6.07, 6.45) is 10.5. The summed E-state index contributed by atoms with van der Waals surface area (Å²) in [6.45, 7) is 4.05. The molecule has 238 valence electrons. The van der Waals surface area contributed by atoms with Gasteiger partial charge in [-0.05, 0) is 90.3 Å². The molecule has 4 unspecified atom stereocenters. The van der Waals surface area contributed by atoms with E-state index < -0.39 is 11.0 Å². The largest absolute Gasteiger partial charge is 0.389 e. The molecule has 2 fully saturated rings. The monoisotopic (exact) mass is 638 g/mol. The third-order valence-corrected chi connectivity index (χ3v) is 12.1. The predicted molar refractivity (Wildman–Crippen MR) is 173 cm³/mol. The molecule has 6 heterocycles. The number of anilines is 2. The number of piperidine rings is 1. The lowest BCUT2D eigenvalue weighted by atomic mass is 9.63. The van der Waals surface area contributed by atoms with Gasteiger partial charge in [0.25, 0.3) is 0 Å². The van der Waals surface area contributed by atoms with Crippen molar-refractivity contribution >= 4 is 33.2 Å². The molecule has 2 aliphatic heterocycles. The van der Waals surface area contributed by atoms with Crippen LogP contribution in [-0.2, 0) is 18.3 Å². The van der Waals surface area contributed by atoms with Crippen LogP contribution in [0, 0.1) is 22.7 Å². The van der Waals surface area contributed by atoms with Crippen LogP contribution in [0.5, 0.6) is 0 Å². The molecule has 0 aromatic carbocycles. The molecule has 1 spiro atoms. The molecule has 4 atom stereocenters. The van der Waals surface area contributed by atoms with Gasteiger partial charge in [0.1, 0.15) is 16.9 Å². The number of thiophene rings is 1. The predicted octanol–water partition coefficient (Wildman–Crippen LogP) is 4.47. The third kappa shape index (κ3) is 4.29. The van der Waals surface area contributed by atoms with Gasteiger partial charge in [-0.1, -0.05) is 5.16 Å². The van der Waals surface area contributed by atoms with E-state index in [0.29, 0.717) is 59.0 Å². The number of nitriles is 2. The van der Waals surface area contributed by atoms with Gasteiger partial charge in [0.15, 0.2) is 28.5 Å². The first-order valence-corrected chi connectivity index (χ1v) is 17.2. The normalized spacial score (nSPS) is 27.0. The van der Waals surface area contributed by atoms with E-state index in [-0.39, 0.29) is 12.6 Å². The van der Waals surface area contributed by atoms with Crippen LogP contribution in [0.4, 0.5) is 10.8 Å². The highest BCUT2D eigenvalue weighted by atomic mass is 32.1. The smallest absolute Gasteiger partial charge is 0.186 e. The molecule has 0 bridgehead atoms. The molecule has 2 aliphatic carbocycles. The van der Waals surface area contributed by atoms with Gasteiger partial charge in [0.05, 0.1) is 41.2 Å². The topological polar surface area (TPSA) is 170 Å². The van der Waals surface area contributed by atoms with Gasteiger partial charge in [-0.3, -0.25) is 0 Å². The number of aliphatic hydroxyl groups is 1. The van der Waals surface area contributed by atoms with Crippen LogP contribution in [-0.4, -0.2) is 73.2 Å². The first-order valence-electron chi connectivity index (χ1n) is 16.4. The van der Waals surface area contributed by atoms with E-state index in [4.69, 9.17) is 25.3 Å². The van der Waals surface area contributed by atoms with Crippen molar-refractivity contribution in [3.63, 3.8) is 0 Å². The van der Waals surface area contributed by atoms with Crippen LogP contribution in [0.2, 0.25) is 0 Å². The summed E-state index contributed by atoms with van der Waals surface area (Å²) in [7, 11) is 2.16. The van der Waals surface area contributed by atoms with Crippen LogP contribution in [0.15, 0.2) is 10.7 Å². The number of likely N-dealkylation sites (tertiary alicyclic amines) is 1. The Bertz CT molecular complexity index is 1930. The summed E-state index contributed by atoms with van der Waals surface area (Å²) in [5, 5.41) is 41.8. The molecule has 8 rings (SSSR count). The molecule has 0 amide bonds. The maximum absolute atomic E-state index is 11.0. The van der Waals surface area contributed by atoms with Gasteiger partial charge in [0, 0.05) is 23.0 Å². The Labute approximate surface area is 271 Å². The molecule has 4 aromatic heterocycles. The Morgan fingerprint density at radius 2 is 1.96 bits per heavy atom. The van der Waals surface area contributed by atoms with Crippen LogP contribution < -0.4 is 10.6 Å². The highest BCUT2D eigenvalue weighted by molar-refractivity contribution is 7.16. The zero-order valence-electron chi connectivity index (χ0n) is 26.3. The van der Waals surface area contributed by atoms with Gasteiger partial charge in [-0.25, -0.2) is 14.6 Å². The minimum Gasteiger partial charge on any atom is -0.389 e. The van der Waals surface area contributed by atoms with Gasteiger partial charge >= 0.3 is 0 Å². The molecule has 0 radical (unpaired) electrons. The first-order chi connectivity index (χ1) is 22.3. The van der Waals surface area contributed by atoms with Crippen molar-refractivity contribution < 1.29 is 9.63 Å². The fourth-order valence-electron chi connectivity index (χ4n) is 8.79. The Hall–Kier alpha value is -4.04. The van der Waals surface area contributed by atoms with E-state index in [2.05, 4.69) is 36.2 Å². The maximum Gasteiger partial charge on any atom is 0.186 e. The van der Waals surface area contributed by atoms with E-state index >= 15 is 0 Å². The van der Waals surface area contributed by atoms with E-state index in [1.54, 1.807) is 0 Å². The highest BCUT2D eigenvalue weighted by Crippen LogP contribution is 2.55. The number of fused-ring (bicyclic) bond motifs is 5. The van der Waals surface area contributed by atoms with Crippen LogP contribution in [0.3, 0.4) is 0 Å². The molecule has 12 nitrogen and oxygen atoms in total. The molecule has 46 heavy (non-hydrogen) atoms. The zero-order chi connectivity index (χ0) is 31.8. The van der Waals surface area contributed by atoms with Crippen molar-refractivity contribution in [2.45, 2.75) is 94.2 Å². The second-order valence-electron chi connectivity index (χ2n) is 13.7. The quantitative estimate of drug-likeness (QED) is 0.302. The number of aromatic nitrogens is 5. The average molecular weight is 639 g/mol. The standard InChI is InChI=1S/C33H38N10O2S/c1-19(23-8-5-13-41(23)2)43-31-22(16-37-43)30(42-14-6-10-32(44,17-35)18-42)38-29(39-31)26-20-7-3-11-33(27(20)45-40-26)12-4-9-24-25(33)21(15-34)28(36)46-24/h16,19,23,44H,3-14,18,36H2,1-2H3. The number of likely N-dealkylation sites (N-methyl/N-ethyl adjacent to an activating group) is 1. The molecule has 3 N–H and O–H groups in total. The Morgan fingerprint density at radius 3 is 2.72 bits per heavy atom. The van der Waals surface area contributed by atoms with E-state index in [9.17, 15) is 15.6 Å². The van der Waals surface area contributed by atoms with E-state index in [0.717, 1.165) is 80.2 Å². The lowest BCUT2D eigenvalue weighted by molar-refractivity contribution is 0.0818. The van der Waals surface area contributed by atoms with Gasteiger partial charge in [-0.2, -0.15) is 15.6 Å². The lowest BCUT2D eigenvalue weighted by Crippen LogP contribution is -2.47. The fourth-order valence-corrected chi connectivity index (χ4v) is 9.95. The first kappa shape index (κ1) is 29.4. The van der Waals surface area contributed by atoms with Crippen molar-refractivity contribution in [3.8, 4) is 23.7 Å². The Kier molecular flexibility index (Phi) is 6.87. The lowest BCUT2D eigenvalue weighted by Gasteiger charge is -2.39. The SMILES string of the molecule is CC(C1CCCN1C)n1ncc2c(N3CCCC(O)(C#N)C3)nc(-c3noc4c3CCCC43CCCc4sc(N)c(C#N)c43)nc21. The van der Waals surface area contributed by atoms with Crippen LogP contribution >= 0.6 is 11.3 Å². The molecule has 2 saturated heterocycles. The van der Waals surface area contributed by atoms with Crippen LogP contribution in [0.1, 0.15) is 91.7 Å². The molecular weight excluding hydrogens is 600 g/mol. The summed E-state index contributed by atoms with van der Waals surface area (Å²) in [4.78, 5) is 15.8. The molecule has 0 saturated carbocycles. The van der Waals surface area contributed by atoms with Crippen molar-refractivity contribution in [3.05, 3.63) is 33.5 Å². The number of nitrogens with two attached hydrogens (primary N) is 1. The number of hydrogen-bond donors (Lipinski definition) is 2. The van der Waals surface area contributed by atoms with Crippen LogP contribution in [0.25, 0.3) is 22.6 Å². The molecule has 4 aromatic rings. The Morgan fingerprint density at radius 1 is 1.13 bits per heavy atom. The second kappa shape index (κ2) is 10.8. The number of nitrogen functional groups attached to an aromatic ring is 1. The summed E-state index contributed by atoms with van der Waals surface area (Å²) in [5.41, 5.74) is 8.37. The number of rotatable bonds is 4. The second-order valence-corrected chi connectivity index (χ2v) is 14.8. The molecular formula is C33H38N10O2S. The summed E-state index contributed by atoms with van der Waals surface area (Å²) < 4.78 is 8.31. The van der Waals surface area contributed by atoms with Crippen molar-refractivity contribution in [2.24, 2.45) is 0 Å². The number of β-amino-alcohol motifs (C(OH)–C–C–N with tert-alkyl or cyclic N) is 1.